The molecule has 0 spiro atoms. The molecule has 3 aromatic rings. The van der Waals surface area contributed by atoms with Crippen molar-refractivity contribution in [2.45, 2.75) is 12.5 Å². The van der Waals surface area contributed by atoms with Crippen LogP contribution in [0.25, 0.3) is 10.9 Å². The number of nitrogens with two attached hydrogens (primary N) is 1. The van der Waals surface area contributed by atoms with Gasteiger partial charge in [0.25, 0.3) is 0 Å². The highest BCUT2D eigenvalue weighted by Gasteiger charge is 2.17. The lowest BCUT2D eigenvalue weighted by molar-refractivity contribution is 0.525. The van der Waals surface area contributed by atoms with Crippen LogP contribution >= 0.6 is 0 Å². The van der Waals surface area contributed by atoms with E-state index in [0.29, 0.717) is 6.42 Å². The lowest BCUT2D eigenvalue weighted by Gasteiger charge is -2.15. The molecule has 106 valence electrons. The third-order valence-corrected chi connectivity index (χ3v) is 3.55. The standard InChI is InChI=1S/C17H14F2N2/c18-13-5-3-6-14(19)17(13)15(20)10-11-8-9-21-16-7-2-1-4-12(11)16/h1-9,15H,10,20H2. The van der Waals surface area contributed by atoms with Crippen molar-refractivity contribution < 1.29 is 8.78 Å². The molecule has 3 rings (SSSR count). The van der Waals surface area contributed by atoms with Crippen molar-refractivity contribution in [1.29, 1.82) is 0 Å². The maximum Gasteiger partial charge on any atom is 0.130 e. The first-order valence-corrected chi connectivity index (χ1v) is 6.69. The molecule has 0 amide bonds. The summed E-state index contributed by atoms with van der Waals surface area (Å²) in [5.41, 5.74) is 7.72. The van der Waals surface area contributed by atoms with Crippen LogP contribution < -0.4 is 5.73 Å². The molecule has 1 heterocycles. The third kappa shape index (κ3) is 2.62. The van der Waals surface area contributed by atoms with Gasteiger partial charge in [-0.2, -0.15) is 0 Å². The smallest absolute Gasteiger partial charge is 0.130 e. The van der Waals surface area contributed by atoms with E-state index in [2.05, 4.69) is 4.98 Å². The molecule has 4 heteroatoms. The number of benzene rings is 2. The Morgan fingerprint density at radius 3 is 2.43 bits per heavy atom. The quantitative estimate of drug-likeness (QED) is 0.795. The Hall–Kier alpha value is -2.33. The first kappa shape index (κ1) is 13.6. The fourth-order valence-electron chi connectivity index (χ4n) is 2.54. The molecule has 0 saturated carbocycles. The number of nitrogens with zero attached hydrogens (tertiary/aromatic N) is 1. The van der Waals surface area contributed by atoms with Gasteiger partial charge in [0.1, 0.15) is 11.6 Å². The Morgan fingerprint density at radius 1 is 0.952 bits per heavy atom. The number of rotatable bonds is 3. The monoisotopic (exact) mass is 284 g/mol. The molecule has 0 aliphatic heterocycles. The molecule has 0 saturated heterocycles. The number of hydrogen-bond acceptors (Lipinski definition) is 2. The summed E-state index contributed by atoms with van der Waals surface area (Å²) < 4.78 is 27.6. The molecule has 1 unspecified atom stereocenters. The Bertz CT molecular complexity index is 761. The molecule has 2 N–H and O–H groups in total. The van der Waals surface area contributed by atoms with Gasteiger partial charge in [0.15, 0.2) is 0 Å². The van der Waals surface area contributed by atoms with Crippen LogP contribution in [0.5, 0.6) is 0 Å². The van der Waals surface area contributed by atoms with Crippen LogP contribution in [0, 0.1) is 11.6 Å². The van der Waals surface area contributed by atoms with Gasteiger partial charge >= 0.3 is 0 Å². The molecule has 0 aliphatic rings. The molecule has 21 heavy (non-hydrogen) atoms. The Kier molecular flexibility index (Phi) is 3.62. The van der Waals surface area contributed by atoms with Crippen molar-refractivity contribution in [3.05, 3.63) is 77.5 Å². The average Bonchev–Trinajstić information content (AvgIpc) is 2.47. The number of aromatic nitrogens is 1. The zero-order valence-corrected chi connectivity index (χ0v) is 11.3. The van der Waals surface area contributed by atoms with Crippen molar-refractivity contribution in [2.75, 3.05) is 0 Å². The lowest BCUT2D eigenvalue weighted by atomic mass is 9.96. The van der Waals surface area contributed by atoms with Gasteiger partial charge in [-0.25, -0.2) is 8.78 Å². The zero-order valence-electron chi connectivity index (χ0n) is 11.3. The second kappa shape index (κ2) is 5.58. The molecular weight excluding hydrogens is 270 g/mol. The van der Waals surface area contributed by atoms with Crippen molar-refractivity contribution >= 4 is 10.9 Å². The maximum absolute atomic E-state index is 13.8. The van der Waals surface area contributed by atoms with Crippen molar-refractivity contribution in [3.8, 4) is 0 Å². The van der Waals surface area contributed by atoms with Crippen LogP contribution in [0.4, 0.5) is 8.78 Å². The zero-order chi connectivity index (χ0) is 14.8. The van der Waals surface area contributed by atoms with E-state index in [1.807, 2.05) is 30.3 Å². The first-order valence-electron chi connectivity index (χ1n) is 6.69. The fraction of sp³-hybridized carbons (Fsp3) is 0.118. The molecule has 0 aliphatic carbocycles. The van der Waals surface area contributed by atoms with E-state index in [0.717, 1.165) is 16.5 Å². The molecule has 0 bridgehead atoms. The van der Waals surface area contributed by atoms with Crippen LogP contribution in [0.3, 0.4) is 0 Å². The van der Waals surface area contributed by atoms with Crippen LogP contribution in [0.1, 0.15) is 17.2 Å². The van der Waals surface area contributed by atoms with Gasteiger partial charge in [-0.05, 0) is 36.2 Å². The average molecular weight is 284 g/mol. The number of hydrogen-bond donors (Lipinski definition) is 1. The van der Waals surface area contributed by atoms with Crippen molar-refractivity contribution in [2.24, 2.45) is 5.73 Å². The second-order valence-corrected chi connectivity index (χ2v) is 4.93. The molecule has 2 aromatic carbocycles. The normalized spacial score (nSPS) is 12.5. The minimum absolute atomic E-state index is 0.0709. The summed E-state index contributed by atoms with van der Waals surface area (Å²) in [7, 11) is 0. The van der Waals surface area contributed by atoms with E-state index in [-0.39, 0.29) is 5.56 Å². The largest absolute Gasteiger partial charge is 0.323 e. The molecule has 1 aromatic heterocycles. The molecule has 0 radical (unpaired) electrons. The topological polar surface area (TPSA) is 38.9 Å². The second-order valence-electron chi connectivity index (χ2n) is 4.93. The van der Waals surface area contributed by atoms with E-state index in [1.165, 1.54) is 18.2 Å². The number of para-hydroxylation sites is 1. The van der Waals surface area contributed by atoms with Crippen LogP contribution in [-0.2, 0) is 6.42 Å². The summed E-state index contributed by atoms with van der Waals surface area (Å²) in [5, 5.41) is 0.951. The van der Waals surface area contributed by atoms with E-state index in [4.69, 9.17) is 5.73 Å². The summed E-state index contributed by atoms with van der Waals surface area (Å²) in [6, 6.07) is 12.5. The summed E-state index contributed by atoms with van der Waals surface area (Å²) in [6.45, 7) is 0. The van der Waals surface area contributed by atoms with Gasteiger partial charge in [-0.3, -0.25) is 4.98 Å². The minimum Gasteiger partial charge on any atom is -0.323 e. The van der Waals surface area contributed by atoms with Gasteiger partial charge in [0.2, 0.25) is 0 Å². The third-order valence-electron chi connectivity index (χ3n) is 3.55. The number of fused-ring (bicyclic) bond motifs is 1. The lowest BCUT2D eigenvalue weighted by Crippen LogP contribution is -2.17. The SMILES string of the molecule is NC(Cc1ccnc2ccccc12)c1c(F)cccc1F. The van der Waals surface area contributed by atoms with Gasteiger partial charge in [-0.15, -0.1) is 0 Å². The molecular formula is C17H14F2N2. The highest BCUT2D eigenvalue weighted by Crippen LogP contribution is 2.25. The van der Waals surface area contributed by atoms with Crippen molar-refractivity contribution in [3.63, 3.8) is 0 Å². The number of pyridine rings is 1. The van der Waals surface area contributed by atoms with E-state index >= 15 is 0 Å². The summed E-state index contributed by atoms with van der Waals surface area (Å²) in [6.07, 6.45) is 2.03. The van der Waals surface area contributed by atoms with Crippen LogP contribution in [0.2, 0.25) is 0 Å². The van der Waals surface area contributed by atoms with E-state index in [1.54, 1.807) is 6.20 Å². The van der Waals surface area contributed by atoms with Gasteiger partial charge < -0.3 is 5.73 Å². The van der Waals surface area contributed by atoms with Gasteiger partial charge in [0, 0.05) is 23.2 Å². The maximum atomic E-state index is 13.8. The summed E-state index contributed by atoms with van der Waals surface area (Å²) in [4.78, 5) is 4.27. The van der Waals surface area contributed by atoms with Gasteiger partial charge in [0.05, 0.1) is 5.52 Å². The summed E-state index contributed by atoms with van der Waals surface area (Å²) in [5.74, 6) is -1.22. The minimum atomic E-state index is -0.739. The van der Waals surface area contributed by atoms with Crippen LogP contribution in [-0.4, -0.2) is 4.98 Å². The predicted molar refractivity (Wildman–Crippen MR) is 78.7 cm³/mol. The molecule has 2 nitrogen and oxygen atoms in total. The first-order chi connectivity index (χ1) is 10.2. The Morgan fingerprint density at radius 2 is 1.67 bits per heavy atom. The number of halogens is 2. The fourth-order valence-corrected chi connectivity index (χ4v) is 2.54. The highest BCUT2D eigenvalue weighted by atomic mass is 19.1. The van der Waals surface area contributed by atoms with Crippen LogP contribution in [0.15, 0.2) is 54.7 Å². The Balaban J connectivity index is 1.99. The van der Waals surface area contributed by atoms with E-state index < -0.39 is 17.7 Å². The molecule has 0 fully saturated rings. The summed E-state index contributed by atoms with van der Waals surface area (Å²) >= 11 is 0. The molecule has 1 atom stereocenters. The highest BCUT2D eigenvalue weighted by molar-refractivity contribution is 5.81. The predicted octanol–water partition coefficient (Wildman–Crippen LogP) is 3.76. The Labute approximate surface area is 121 Å². The van der Waals surface area contributed by atoms with Crippen molar-refractivity contribution in [1.82, 2.24) is 4.98 Å². The van der Waals surface area contributed by atoms with Gasteiger partial charge in [-0.1, -0.05) is 24.3 Å². The van der Waals surface area contributed by atoms with E-state index in [9.17, 15) is 8.78 Å².